The van der Waals surface area contributed by atoms with E-state index in [0.717, 1.165) is 18.5 Å². The third-order valence-electron chi connectivity index (χ3n) is 3.17. The zero-order valence-corrected chi connectivity index (χ0v) is 8.79. The molecule has 1 atom stereocenters. The van der Waals surface area contributed by atoms with E-state index in [4.69, 9.17) is 0 Å². The minimum absolute atomic E-state index is 0.228. The van der Waals surface area contributed by atoms with Crippen molar-refractivity contribution in [3.8, 4) is 0 Å². The van der Waals surface area contributed by atoms with Gasteiger partial charge in [-0.05, 0) is 25.0 Å². The summed E-state index contributed by atoms with van der Waals surface area (Å²) < 4.78 is 12.4. The number of nitrogens with zero attached hydrogens (tertiary/aromatic N) is 2. The second-order valence-electron chi connectivity index (χ2n) is 3.82. The van der Waals surface area contributed by atoms with Gasteiger partial charge in [0.1, 0.15) is 0 Å². The van der Waals surface area contributed by atoms with E-state index in [-0.39, 0.29) is 12.1 Å². The first-order valence-corrected chi connectivity index (χ1v) is 5.04. The SMILES string of the molecule is CCN1C/C(=C\F)C[C@]1(CC)CN=O. The van der Waals surface area contributed by atoms with Gasteiger partial charge < -0.3 is 0 Å². The van der Waals surface area contributed by atoms with Gasteiger partial charge in [-0.2, -0.15) is 4.91 Å². The molecule has 1 fully saturated rings. The van der Waals surface area contributed by atoms with Crippen LogP contribution in [0.3, 0.4) is 0 Å². The van der Waals surface area contributed by atoms with E-state index < -0.39 is 0 Å². The molecule has 1 aliphatic rings. The molecule has 80 valence electrons. The number of halogens is 1. The first kappa shape index (κ1) is 11.3. The molecule has 1 rings (SSSR count). The predicted octanol–water partition coefficient (Wildman–Crippen LogP) is 2.48. The van der Waals surface area contributed by atoms with Crippen molar-refractivity contribution in [1.29, 1.82) is 0 Å². The third kappa shape index (κ3) is 1.85. The fourth-order valence-corrected chi connectivity index (χ4v) is 2.26. The Morgan fingerprint density at radius 3 is 2.79 bits per heavy atom. The van der Waals surface area contributed by atoms with E-state index >= 15 is 0 Å². The van der Waals surface area contributed by atoms with Gasteiger partial charge in [0.2, 0.25) is 0 Å². The molecule has 14 heavy (non-hydrogen) atoms. The number of hydrogen-bond donors (Lipinski definition) is 0. The summed E-state index contributed by atoms with van der Waals surface area (Å²) in [6.07, 6.45) is 2.15. The minimum Gasteiger partial charge on any atom is -0.292 e. The quantitative estimate of drug-likeness (QED) is 0.653. The van der Waals surface area contributed by atoms with Gasteiger partial charge >= 0.3 is 0 Å². The van der Waals surface area contributed by atoms with Gasteiger partial charge in [-0.25, -0.2) is 4.39 Å². The van der Waals surface area contributed by atoms with Gasteiger partial charge in [0.15, 0.2) is 0 Å². The highest BCUT2D eigenvalue weighted by atomic mass is 19.1. The Morgan fingerprint density at radius 1 is 1.64 bits per heavy atom. The summed E-state index contributed by atoms with van der Waals surface area (Å²) in [5.74, 6) is 0. The van der Waals surface area contributed by atoms with E-state index in [1.165, 1.54) is 0 Å². The molecular formula is C10H17FN2O. The highest BCUT2D eigenvalue weighted by molar-refractivity contribution is 5.17. The maximum Gasteiger partial charge on any atom is 0.0998 e. The summed E-state index contributed by atoms with van der Waals surface area (Å²) in [5.41, 5.74) is 0.548. The van der Waals surface area contributed by atoms with Crippen molar-refractivity contribution in [3.05, 3.63) is 16.8 Å². The molecule has 0 aromatic rings. The largest absolute Gasteiger partial charge is 0.292 e. The maximum atomic E-state index is 12.4. The normalized spacial score (nSPS) is 31.2. The van der Waals surface area contributed by atoms with E-state index in [1.54, 1.807) is 0 Å². The van der Waals surface area contributed by atoms with Gasteiger partial charge in [0.25, 0.3) is 0 Å². The number of nitroso groups, excluding NO2 is 1. The molecule has 0 radical (unpaired) electrons. The van der Waals surface area contributed by atoms with Gasteiger partial charge in [-0.15, -0.1) is 0 Å². The Kier molecular flexibility index (Phi) is 3.75. The van der Waals surface area contributed by atoms with Crippen LogP contribution in [0.25, 0.3) is 0 Å². The van der Waals surface area contributed by atoms with Crippen molar-refractivity contribution in [1.82, 2.24) is 4.90 Å². The Bertz CT molecular complexity index is 242. The van der Waals surface area contributed by atoms with Crippen LogP contribution in [0.1, 0.15) is 26.7 Å². The van der Waals surface area contributed by atoms with Crippen molar-refractivity contribution < 1.29 is 4.39 Å². The average molecular weight is 200 g/mol. The molecule has 1 heterocycles. The van der Waals surface area contributed by atoms with Crippen molar-refractivity contribution in [2.45, 2.75) is 32.2 Å². The smallest absolute Gasteiger partial charge is 0.0998 e. The zero-order chi connectivity index (χ0) is 10.6. The molecule has 0 unspecified atom stereocenters. The lowest BCUT2D eigenvalue weighted by molar-refractivity contribution is 0.147. The molecule has 3 nitrogen and oxygen atoms in total. The molecule has 0 spiro atoms. The van der Waals surface area contributed by atoms with Crippen molar-refractivity contribution in [2.75, 3.05) is 19.6 Å². The lowest BCUT2D eigenvalue weighted by atomic mass is 9.92. The maximum absolute atomic E-state index is 12.4. The Balaban J connectivity index is 2.87. The molecular weight excluding hydrogens is 183 g/mol. The highest BCUT2D eigenvalue weighted by Crippen LogP contribution is 2.35. The van der Waals surface area contributed by atoms with Crippen LogP contribution in [0, 0.1) is 4.91 Å². The Morgan fingerprint density at radius 2 is 2.36 bits per heavy atom. The van der Waals surface area contributed by atoms with Crippen LogP contribution >= 0.6 is 0 Å². The monoisotopic (exact) mass is 200 g/mol. The third-order valence-corrected chi connectivity index (χ3v) is 3.17. The predicted molar refractivity (Wildman–Crippen MR) is 54.7 cm³/mol. The van der Waals surface area contributed by atoms with Crippen LogP contribution in [-0.4, -0.2) is 30.1 Å². The van der Waals surface area contributed by atoms with E-state index in [0.29, 0.717) is 19.3 Å². The van der Waals surface area contributed by atoms with Crippen LogP contribution in [0.15, 0.2) is 17.1 Å². The fourth-order valence-electron chi connectivity index (χ4n) is 2.26. The van der Waals surface area contributed by atoms with Gasteiger partial charge in [-0.3, -0.25) is 4.90 Å². The first-order valence-electron chi connectivity index (χ1n) is 5.04. The van der Waals surface area contributed by atoms with Crippen LogP contribution in [0.5, 0.6) is 0 Å². The molecule has 0 amide bonds. The van der Waals surface area contributed by atoms with Gasteiger partial charge in [-0.1, -0.05) is 19.0 Å². The van der Waals surface area contributed by atoms with Crippen molar-refractivity contribution >= 4 is 0 Å². The fraction of sp³-hybridized carbons (Fsp3) is 0.800. The molecule has 1 aliphatic heterocycles. The molecule has 0 bridgehead atoms. The number of likely N-dealkylation sites (tertiary alicyclic amines) is 1. The number of rotatable bonds is 4. The summed E-state index contributed by atoms with van der Waals surface area (Å²) in [6.45, 7) is 5.77. The summed E-state index contributed by atoms with van der Waals surface area (Å²) in [5, 5.41) is 2.99. The summed E-state index contributed by atoms with van der Waals surface area (Å²) in [6, 6.07) is 0. The van der Waals surface area contributed by atoms with Crippen molar-refractivity contribution in [2.24, 2.45) is 5.18 Å². The standard InChI is InChI=1S/C10H17FN2O/c1-3-10(8-12-14)5-9(6-11)7-13(10)4-2/h6H,3-5,7-8H2,1-2H3/b9-6-/t10-/m1/s1. The minimum atomic E-state index is -0.228. The lowest BCUT2D eigenvalue weighted by Gasteiger charge is -2.34. The van der Waals surface area contributed by atoms with Gasteiger partial charge in [0.05, 0.1) is 12.9 Å². The van der Waals surface area contributed by atoms with E-state index in [9.17, 15) is 9.30 Å². The molecule has 0 aromatic heterocycles. The number of hydrogen-bond acceptors (Lipinski definition) is 3. The Labute approximate surface area is 83.9 Å². The van der Waals surface area contributed by atoms with E-state index in [2.05, 4.69) is 10.1 Å². The molecule has 0 saturated carbocycles. The molecule has 1 saturated heterocycles. The van der Waals surface area contributed by atoms with Crippen LogP contribution in [0.2, 0.25) is 0 Å². The second-order valence-corrected chi connectivity index (χ2v) is 3.82. The molecule has 4 heteroatoms. The molecule has 0 aromatic carbocycles. The Hall–Kier alpha value is -0.770. The van der Waals surface area contributed by atoms with E-state index in [1.807, 2.05) is 13.8 Å². The van der Waals surface area contributed by atoms with Crippen molar-refractivity contribution in [3.63, 3.8) is 0 Å². The second kappa shape index (κ2) is 4.64. The highest BCUT2D eigenvalue weighted by Gasteiger charge is 2.41. The summed E-state index contributed by atoms with van der Waals surface area (Å²) in [7, 11) is 0. The molecule has 0 N–H and O–H groups in total. The van der Waals surface area contributed by atoms with Crippen LogP contribution in [-0.2, 0) is 0 Å². The number of likely N-dealkylation sites (N-methyl/N-ethyl adjacent to an activating group) is 1. The summed E-state index contributed by atoms with van der Waals surface area (Å²) in [4.78, 5) is 12.5. The average Bonchev–Trinajstić information content (AvgIpc) is 2.57. The zero-order valence-electron chi connectivity index (χ0n) is 8.79. The lowest BCUT2D eigenvalue weighted by Crippen LogP contribution is -2.45. The van der Waals surface area contributed by atoms with Crippen LogP contribution in [0.4, 0.5) is 4.39 Å². The summed E-state index contributed by atoms with van der Waals surface area (Å²) >= 11 is 0. The molecule has 0 aliphatic carbocycles. The topological polar surface area (TPSA) is 32.7 Å². The first-order chi connectivity index (χ1) is 6.72. The van der Waals surface area contributed by atoms with Crippen LogP contribution < -0.4 is 0 Å². The van der Waals surface area contributed by atoms with Gasteiger partial charge in [0, 0.05) is 12.1 Å².